The van der Waals surface area contributed by atoms with Crippen molar-refractivity contribution in [3.05, 3.63) is 89.5 Å². The molecule has 3 nitrogen and oxygen atoms in total. The molecule has 0 saturated heterocycles. The average molecular weight is 329 g/mol. The van der Waals surface area contributed by atoms with E-state index in [9.17, 15) is 4.79 Å². The van der Waals surface area contributed by atoms with Gasteiger partial charge < -0.3 is 9.64 Å². The summed E-state index contributed by atoms with van der Waals surface area (Å²) in [6.07, 6.45) is 0. The van der Waals surface area contributed by atoms with Crippen molar-refractivity contribution in [1.82, 2.24) is 0 Å². The minimum atomic E-state index is -0.427. The zero-order valence-electron chi connectivity index (χ0n) is 14.3. The van der Waals surface area contributed by atoms with Gasteiger partial charge in [-0.15, -0.1) is 0 Å². The molecular weight excluding hydrogens is 310 g/mol. The fourth-order valence-electron chi connectivity index (χ4n) is 3.56. The minimum absolute atomic E-state index is 0.248. The maximum Gasteiger partial charge on any atom is 0.323 e. The third kappa shape index (κ3) is 2.58. The molecule has 3 aromatic rings. The molecule has 0 aromatic heterocycles. The Morgan fingerprint density at radius 3 is 2.36 bits per heavy atom. The van der Waals surface area contributed by atoms with Crippen LogP contribution in [-0.2, 0) is 4.79 Å². The van der Waals surface area contributed by atoms with Gasteiger partial charge in [-0.05, 0) is 47.9 Å². The molecule has 0 saturated carbocycles. The highest BCUT2D eigenvalue weighted by molar-refractivity contribution is 5.92. The van der Waals surface area contributed by atoms with Gasteiger partial charge in [0.1, 0.15) is 11.7 Å². The first-order chi connectivity index (χ1) is 12.2. The van der Waals surface area contributed by atoms with E-state index in [1.807, 2.05) is 68.6 Å². The number of carbonyl (C=O) groups is 1. The quantitative estimate of drug-likeness (QED) is 0.499. The van der Waals surface area contributed by atoms with Crippen LogP contribution in [0.5, 0.6) is 5.75 Å². The van der Waals surface area contributed by atoms with Gasteiger partial charge in [-0.3, -0.25) is 4.79 Å². The van der Waals surface area contributed by atoms with Gasteiger partial charge in [-0.25, -0.2) is 0 Å². The number of anilines is 2. The number of para-hydroxylation sites is 2. The number of ether oxygens (including phenoxy) is 1. The van der Waals surface area contributed by atoms with Gasteiger partial charge in [0.2, 0.25) is 0 Å². The Bertz CT molecular complexity index is 934. The Labute approximate surface area is 147 Å². The highest BCUT2D eigenvalue weighted by Gasteiger charge is 2.35. The van der Waals surface area contributed by atoms with Gasteiger partial charge >= 0.3 is 5.97 Å². The highest BCUT2D eigenvalue weighted by Crippen LogP contribution is 2.46. The zero-order valence-corrected chi connectivity index (χ0v) is 14.3. The molecule has 3 heteroatoms. The van der Waals surface area contributed by atoms with Gasteiger partial charge in [-0.2, -0.15) is 0 Å². The number of hydrogen-bond acceptors (Lipinski definition) is 3. The fourth-order valence-corrected chi connectivity index (χ4v) is 3.56. The largest absolute Gasteiger partial charge is 0.426 e. The number of benzene rings is 3. The van der Waals surface area contributed by atoms with Crippen molar-refractivity contribution >= 4 is 17.3 Å². The van der Waals surface area contributed by atoms with E-state index >= 15 is 0 Å². The Kier molecular flexibility index (Phi) is 3.77. The monoisotopic (exact) mass is 329 g/mol. The molecule has 1 heterocycles. The van der Waals surface area contributed by atoms with Crippen LogP contribution >= 0.6 is 0 Å². The van der Waals surface area contributed by atoms with Crippen molar-refractivity contribution in [1.29, 1.82) is 0 Å². The minimum Gasteiger partial charge on any atom is -0.426 e. The van der Waals surface area contributed by atoms with E-state index in [1.165, 1.54) is 0 Å². The fraction of sp³-hybridized carbons (Fsp3) is 0.136. The van der Waals surface area contributed by atoms with Crippen molar-refractivity contribution in [2.24, 2.45) is 0 Å². The Morgan fingerprint density at radius 2 is 1.56 bits per heavy atom. The van der Waals surface area contributed by atoms with E-state index in [-0.39, 0.29) is 5.97 Å². The summed E-state index contributed by atoms with van der Waals surface area (Å²) < 4.78 is 5.70. The predicted octanol–water partition coefficient (Wildman–Crippen LogP) is 4.81. The highest BCUT2D eigenvalue weighted by atomic mass is 16.5. The van der Waals surface area contributed by atoms with Crippen LogP contribution in [0.3, 0.4) is 0 Å². The lowest BCUT2D eigenvalue weighted by atomic mass is 9.82. The summed E-state index contributed by atoms with van der Waals surface area (Å²) in [5, 5.41) is 0. The van der Waals surface area contributed by atoms with Crippen LogP contribution in [0.2, 0.25) is 0 Å². The normalized spacial score (nSPS) is 15.3. The van der Waals surface area contributed by atoms with Crippen molar-refractivity contribution in [2.45, 2.75) is 12.8 Å². The maximum atomic E-state index is 13.1. The van der Waals surface area contributed by atoms with Gasteiger partial charge in [0.05, 0.1) is 0 Å². The number of esters is 1. The molecule has 0 radical (unpaired) electrons. The van der Waals surface area contributed by atoms with Crippen LogP contribution in [-0.4, -0.2) is 13.0 Å². The van der Waals surface area contributed by atoms with E-state index in [0.29, 0.717) is 5.75 Å². The second-order valence-electron chi connectivity index (χ2n) is 6.29. The first-order valence-electron chi connectivity index (χ1n) is 8.35. The van der Waals surface area contributed by atoms with E-state index in [4.69, 9.17) is 4.74 Å². The van der Waals surface area contributed by atoms with Crippen molar-refractivity contribution < 1.29 is 9.53 Å². The smallest absolute Gasteiger partial charge is 0.323 e. The van der Waals surface area contributed by atoms with E-state index < -0.39 is 5.92 Å². The van der Waals surface area contributed by atoms with E-state index in [1.54, 1.807) is 12.1 Å². The second kappa shape index (κ2) is 6.10. The molecule has 0 amide bonds. The standard InChI is InChI=1S/C22H19NO2/c1-15-9-8-14-19-20(15)21(17-12-6-7-13-18(17)23(19)2)22(24)25-16-10-4-3-5-11-16/h3-14,21H,1-2H3. The van der Waals surface area contributed by atoms with Crippen molar-refractivity contribution in [3.8, 4) is 5.75 Å². The molecular formula is C22H19NO2. The van der Waals surface area contributed by atoms with Gasteiger partial charge in [0.25, 0.3) is 0 Å². The van der Waals surface area contributed by atoms with Crippen molar-refractivity contribution in [2.75, 3.05) is 11.9 Å². The Balaban J connectivity index is 1.84. The summed E-state index contributed by atoms with van der Waals surface area (Å²) in [5.41, 5.74) is 5.18. The van der Waals surface area contributed by atoms with Crippen LogP contribution in [0, 0.1) is 6.92 Å². The summed E-state index contributed by atoms with van der Waals surface area (Å²) in [6.45, 7) is 2.05. The molecule has 0 bridgehead atoms. The first-order valence-corrected chi connectivity index (χ1v) is 8.35. The summed E-state index contributed by atoms with van der Waals surface area (Å²) in [7, 11) is 2.04. The van der Waals surface area contributed by atoms with E-state index in [0.717, 1.165) is 28.1 Å². The van der Waals surface area contributed by atoms with Crippen LogP contribution in [0.15, 0.2) is 72.8 Å². The molecule has 0 fully saturated rings. The molecule has 25 heavy (non-hydrogen) atoms. The SMILES string of the molecule is Cc1cccc2c1C(C(=O)Oc1ccccc1)c1ccccc1N2C. The van der Waals surface area contributed by atoms with Gasteiger partial charge in [0, 0.05) is 18.4 Å². The molecule has 0 N–H and O–H groups in total. The third-order valence-corrected chi connectivity index (χ3v) is 4.76. The lowest BCUT2D eigenvalue weighted by Crippen LogP contribution is -2.29. The number of fused-ring (bicyclic) bond motifs is 2. The molecule has 0 spiro atoms. The Hall–Kier alpha value is -3.07. The number of nitrogens with zero attached hydrogens (tertiary/aromatic N) is 1. The number of aryl methyl sites for hydroxylation is 1. The summed E-state index contributed by atoms with van der Waals surface area (Å²) in [6, 6.07) is 23.4. The lowest BCUT2D eigenvalue weighted by Gasteiger charge is -2.35. The molecule has 1 atom stereocenters. The third-order valence-electron chi connectivity index (χ3n) is 4.76. The summed E-state index contributed by atoms with van der Waals surface area (Å²) >= 11 is 0. The van der Waals surface area contributed by atoms with Crippen molar-refractivity contribution in [3.63, 3.8) is 0 Å². The molecule has 1 aliphatic rings. The second-order valence-corrected chi connectivity index (χ2v) is 6.29. The van der Waals surface area contributed by atoms with Crippen LogP contribution in [0.4, 0.5) is 11.4 Å². The summed E-state index contributed by atoms with van der Waals surface area (Å²) in [5.74, 6) is -0.106. The molecule has 1 aliphatic heterocycles. The topological polar surface area (TPSA) is 29.5 Å². The van der Waals surface area contributed by atoms with Gasteiger partial charge in [-0.1, -0.05) is 48.5 Å². The number of rotatable bonds is 2. The molecule has 4 rings (SSSR count). The first kappa shape index (κ1) is 15.5. The Morgan fingerprint density at radius 1 is 0.880 bits per heavy atom. The summed E-state index contributed by atoms with van der Waals surface area (Å²) in [4.78, 5) is 15.3. The predicted molar refractivity (Wildman–Crippen MR) is 99.6 cm³/mol. The zero-order chi connectivity index (χ0) is 17.4. The van der Waals surface area contributed by atoms with Crippen LogP contribution < -0.4 is 9.64 Å². The maximum absolute atomic E-state index is 13.1. The molecule has 1 unspecified atom stereocenters. The molecule has 3 aromatic carbocycles. The molecule has 0 aliphatic carbocycles. The number of carbonyl (C=O) groups excluding carboxylic acids is 1. The van der Waals surface area contributed by atoms with E-state index in [2.05, 4.69) is 11.0 Å². The number of hydrogen-bond donors (Lipinski definition) is 0. The van der Waals surface area contributed by atoms with Gasteiger partial charge in [0.15, 0.2) is 0 Å². The molecule has 124 valence electrons. The average Bonchev–Trinajstić information content (AvgIpc) is 2.64. The van der Waals surface area contributed by atoms with Crippen LogP contribution in [0.1, 0.15) is 22.6 Å². The van der Waals surface area contributed by atoms with Crippen LogP contribution in [0.25, 0.3) is 0 Å². The lowest BCUT2D eigenvalue weighted by molar-refractivity contribution is -0.135.